The molecule has 4 heterocycles. The zero-order valence-electron chi connectivity index (χ0n) is 21.8. The number of pyridine rings is 1. The first-order chi connectivity index (χ1) is 18.5. The van der Waals surface area contributed by atoms with Crippen LogP contribution < -0.4 is 10.8 Å². The third-order valence-electron chi connectivity index (χ3n) is 8.33. The van der Waals surface area contributed by atoms with Crippen LogP contribution in [0.4, 0.5) is 4.79 Å². The summed E-state index contributed by atoms with van der Waals surface area (Å²) >= 11 is 6.37. The number of amides is 1. The summed E-state index contributed by atoms with van der Waals surface area (Å²) in [6.07, 6.45) is 11.5. The molecule has 2 unspecified atom stereocenters. The first-order valence-corrected chi connectivity index (χ1v) is 14.0. The second-order valence-electron chi connectivity index (χ2n) is 11.0. The Balaban J connectivity index is 1.54. The maximum Gasteiger partial charge on any atom is 0.427 e. The number of aromatic nitrogens is 5. The Morgan fingerprint density at radius 2 is 1.92 bits per heavy atom. The molecule has 10 nitrogen and oxygen atoms in total. The zero-order valence-corrected chi connectivity index (χ0v) is 22.6. The average molecular weight is 540 g/mol. The fourth-order valence-corrected chi connectivity index (χ4v) is 6.46. The largest absolute Gasteiger partial charge is 0.427 e. The number of rotatable bonds is 7. The van der Waals surface area contributed by atoms with Gasteiger partial charge in [-0.25, -0.2) is 19.7 Å². The lowest BCUT2D eigenvalue weighted by Gasteiger charge is -2.29. The molecule has 0 aromatic carbocycles. The Bertz CT molecular complexity index is 1320. The van der Waals surface area contributed by atoms with Crippen LogP contribution in [0.25, 0.3) is 22.4 Å². The van der Waals surface area contributed by atoms with Crippen molar-refractivity contribution < 1.29 is 14.4 Å². The molecule has 2 N–H and O–H groups in total. The second kappa shape index (κ2) is 10.7. The average Bonchev–Trinajstić information content (AvgIpc) is 3.67. The lowest BCUT2D eigenvalue weighted by atomic mass is 9.83. The summed E-state index contributed by atoms with van der Waals surface area (Å²) in [6, 6.07) is 1.85. The van der Waals surface area contributed by atoms with Gasteiger partial charge in [0.1, 0.15) is 23.1 Å². The lowest BCUT2D eigenvalue weighted by Crippen LogP contribution is -2.25. The van der Waals surface area contributed by atoms with E-state index in [0.29, 0.717) is 34.0 Å². The Kier molecular flexibility index (Phi) is 7.20. The number of halogens is 1. The third-order valence-corrected chi connectivity index (χ3v) is 8.54. The molecular formula is C27H34ClN7O3. The zero-order chi connectivity index (χ0) is 26.2. The van der Waals surface area contributed by atoms with E-state index in [4.69, 9.17) is 36.1 Å². The molecule has 3 aliphatic rings. The Labute approximate surface area is 226 Å². The number of carbonyl (C=O) groups is 1. The molecule has 2 saturated carbocycles. The van der Waals surface area contributed by atoms with E-state index in [2.05, 4.69) is 27.3 Å². The molecule has 2 atom stereocenters. The van der Waals surface area contributed by atoms with E-state index in [1.807, 2.05) is 6.07 Å². The Morgan fingerprint density at radius 1 is 1.13 bits per heavy atom. The molecular weight excluding hydrogens is 506 g/mol. The molecule has 2 aliphatic carbocycles. The van der Waals surface area contributed by atoms with Gasteiger partial charge < -0.3 is 14.1 Å². The van der Waals surface area contributed by atoms with Crippen LogP contribution in [0, 0.1) is 17.8 Å². The van der Waals surface area contributed by atoms with Crippen LogP contribution in [0.3, 0.4) is 0 Å². The fourth-order valence-electron chi connectivity index (χ4n) is 6.29. The van der Waals surface area contributed by atoms with E-state index in [-0.39, 0.29) is 6.10 Å². The van der Waals surface area contributed by atoms with Crippen molar-refractivity contribution in [2.75, 3.05) is 7.11 Å². The molecule has 1 aliphatic heterocycles. The normalized spacial score (nSPS) is 25.0. The highest BCUT2D eigenvalue weighted by molar-refractivity contribution is 6.30. The van der Waals surface area contributed by atoms with E-state index >= 15 is 0 Å². The number of hydroxylamine groups is 1. The summed E-state index contributed by atoms with van der Waals surface area (Å²) in [5, 5.41) is 3.21. The van der Waals surface area contributed by atoms with Gasteiger partial charge in [0, 0.05) is 31.6 Å². The van der Waals surface area contributed by atoms with Crippen LogP contribution in [0.2, 0.25) is 5.02 Å². The number of nitrogens with zero attached hydrogens (tertiary/aromatic N) is 5. The molecule has 3 aromatic heterocycles. The first kappa shape index (κ1) is 25.5. The van der Waals surface area contributed by atoms with Gasteiger partial charge in [0.15, 0.2) is 17.6 Å². The van der Waals surface area contributed by atoms with Gasteiger partial charge in [-0.15, -0.1) is 5.48 Å². The van der Waals surface area contributed by atoms with Crippen LogP contribution in [-0.2, 0) is 16.1 Å². The SMILES string of the molecule is COC(c1nc2nc(C3NOC(=O)N3)nc(-c3cncc(Cl)c3)c2n1CC1CCC(C)CC1)C1CCCC1. The molecule has 38 heavy (non-hydrogen) atoms. The van der Waals surface area contributed by atoms with E-state index in [0.717, 1.165) is 42.2 Å². The minimum Gasteiger partial charge on any atom is -0.373 e. The fraction of sp³-hybridized carbons (Fsp3) is 0.593. The van der Waals surface area contributed by atoms with Crippen LogP contribution in [0.15, 0.2) is 18.5 Å². The van der Waals surface area contributed by atoms with Crippen molar-refractivity contribution in [3.8, 4) is 11.3 Å². The molecule has 6 rings (SSSR count). The topological polar surface area (TPSA) is 116 Å². The van der Waals surface area contributed by atoms with E-state index < -0.39 is 12.3 Å². The number of fused-ring (bicyclic) bond motifs is 1. The maximum absolute atomic E-state index is 11.8. The highest BCUT2D eigenvalue weighted by atomic mass is 35.5. The summed E-state index contributed by atoms with van der Waals surface area (Å²) in [4.78, 5) is 35.8. The quantitative estimate of drug-likeness (QED) is 0.405. The van der Waals surface area contributed by atoms with E-state index in [1.54, 1.807) is 19.5 Å². The second-order valence-corrected chi connectivity index (χ2v) is 11.4. The molecule has 1 amide bonds. The molecule has 0 radical (unpaired) electrons. The van der Waals surface area contributed by atoms with Gasteiger partial charge in [-0.1, -0.05) is 44.2 Å². The third kappa shape index (κ3) is 4.97. The van der Waals surface area contributed by atoms with Gasteiger partial charge in [-0.2, -0.15) is 0 Å². The van der Waals surface area contributed by atoms with E-state index in [1.165, 1.54) is 38.5 Å². The highest BCUT2D eigenvalue weighted by Gasteiger charge is 2.34. The number of ether oxygens (including phenoxy) is 1. The highest BCUT2D eigenvalue weighted by Crippen LogP contribution is 2.41. The summed E-state index contributed by atoms with van der Waals surface area (Å²) in [6.45, 7) is 3.17. The molecule has 3 aromatic rings. The summed E-state index contributed by atoms with van der Waals surface area (Å²) in [5.41, 5.74) is 5.50. The van der Waals surface area contributed by atoms with Gasteiger partial charge in [0.25, 0.3) is 0 Å². The number of methoxy groups -OCH3 is 1. The van der Waals surface area contributed by atoms with Crippen LogP contribution in [0.1, 0.15) is 82.2 Å². The number of hydrogen-bond acceptors (Lipinski definition) is 8. The maximum atomic E-state index is 11.8. The molecule has 1 saturated heterocycles. The minimum absolute atomic E-state index is 0.129. The van der Waals surface area contributed by atoms with Gasteiger partial charge in [0.05, 0.1) is 5.02 Å². The Morgan fingerprint density at radius 3 is 2.61 bits per heavy atom. The van der Waals surface area contributed by atoms with Crippen molar-refractivity contribution in [2.24, 2.45) is 17.8 Å². The summed E-state index contributed by atoms with van der Waals surface area (Å²) in [5.74, 6) is 2.98. The van der Waals surface area contributed by atoms with Crippen molar-refractivity contribution in [1.82, 2.24) is 35.3 Å². The summed E-state index contributed by atoms with van der Waals surface area (Å²) < 4.78 is 8.46. The van der Waals surface area contributed by atoms with Crippen LogP contribution in [0.5, 0.6) is 0 Å². The predicted octanol–water partition coefficient (Wildman–Crippen LogP) is 5.49. The molecule has 0 spiro atoms. The molecule has 0 bridgehead atoms. The standard InChI is InChI=1S/C27H34ClN7O3/c1-15-7-9-16(10-8-15)14-35-21-20(18-11-19(28)13-29-12-18)30-24(25-33-27(36)38-34-25)31-23(21)32-26(35)22(37-2)17-5-3-4-6-17/h11-13,15-17,22,25,34H,3-10,14H2,1-2H3,(H,33,36). The smallest absolute Gasteiger partial charge is 0.373 e. The first-order valence-electron chi connectivity index (χ1n) is 13.6. The predicted molar refractivity (Wildman–Crippen MR) is 142 cm³/mol. The summed E-state index contributed by atoms with van der Waals surface area (Å²) in [7, 11) is 1.78. The van der Waals surface area contributed by atoms with Gasteiger partial charge >= 0.3 is 6.09 Å². The van der Waals surface area contributed by atoms with E-state index in [9.17, 15) is 4.79 Å². The van der Waals surface area contributed by atoms with Gasteiger partial charge in [0.2, 0.25) is 0 Å². The van der Waals surface area contributed by atoms with Crippen molar-refractivity contribution >= 4 is 28.9 Å². The van der Waals surface area contributed by atoms with Gasteiger partial charge in [-0.3, -0.25) is 10.3 Å². The van der Waals surface area contributed by atoms with Crippen molar-refractivity contribution in [1.29, 1.82) is 0 Å². The van der Waals surface area contributed by atoms with Crippen LogP contribution in [-0.4, -0.2) is 37.7 Å². The minimum atomic E-state index is -0.695. The molecule has 3 fully saturated rings. The van der Waals surface area contributed by atoms with Crippen LogP contribution >= 0.6 is 11.6 Å². The molecule has 202 valence electrons. The van der Waals surface area contributed by atoms with Crippen molar-refractivity contribution in [2.45, 2.75) is 77.1 Å². The van der Waals surface area contributed by atoms with Crippen molar-refractivity contribution in [3.05, 3.63) is 35.1 Å². The molecule has 11 heteroatoms. The van der Waals surface area contributed by atoms with Gasteiger partial charge in [-0.05, 0) is 49.5 Å². The lowest BCUT2D eigenvalue weighted by molar-refractivity contribution is 0.0432. The number of carbonyl (C=O) groups excluding carboxylic acids is 1. The number of imidazole rings is 1. The number of nitrogens with one attached hydrogen (secondary N) is 2. The van der Waals surface area contributed by atoms with Crippen molar-refractivity contribution in [3.63, 3.8) is 0 Å². The Hall–Kier alpha value is -2.82. The number of hydrogen-bond donors (Lipinski definition) is 2. The monoisotopic (exact) mass is 539 g/mol.